The maximum absolute atomic E-state index is 6.05. The van der Waals surface area contributed by atoms with Crippen LogP contribution in [0.2, 0.25) is 5.02 Å². The number of nitrogens with zero attached hydrogens (tertiary/aromatic N) is 1. The van der Waals surface area contributed by atoms with Gasteiger partial charge in [0.2, 0.25) is 0 Å². The van der Waals surface area contributed by atoms with E-state index in [1.54, 1.807) is 0 Å². The van der Waals surface area contributed by atoms with Crippen LogP contribution in [0.15, 0.2) is 18.2 Å². The molecule has 17 heavy (non-hydrogen) atoms. The molecule has 0 bridgehead atoms. The third kappa shape index (κ3) is 2.37. The van der Waals surface area contributed by atoms with Gasteiger partial charge in [-0.3, -0.25) is 0 Å². The van der Waals surface area contributed by atoms with Gasteiger partial charge < -0.3 is 10.6 Å². The Morgan fingerprint density at radius 3 is 2.59 bits per heavy atom. The molecule has 1 heterocycles. The summed E-state index contributed by atoms with van der Waals surface area (Å²) < 4.78 is 0. The molecule has 94 valence electrons. The van der Waals surface area contributed by atoms with E-state index in [9.17, 15) is 0 Å². The number of benzene rings is 1. The van der Waals surface area contributed by atoms with Gasteiger partial charge in [0, 0.05) is 18.1 Å². The first-order valence-electron chi connectivity index (χ1n) is 6.40. The monoisotopic (exact) mass is 252 g/mol. The maximum atomic E-state index is 6.05. The Balaban J connectivity index is 2.20. The molecule has 1 aromatic carbocycles. The van der Waals surface area contributed by atoms with E-state index in [4.69, 9.17) is 17.3 Å². The maximum Gasteiger partial charge on any atom is 0.0601 e. The number of halogens is 1. The van der Waals surface area contributed by atoms with Crippen LogP contribution in [0.25, 0.3) is 0 Å². The topological polar surface area (TPSA) is 29.3 Å². The van der Waals surface area contributed by atoms with E-state index in [-0.39, 0.29) is 0 Å². The summed E-state index contributed by atoms with van der Waals surface area (Å²) in [6.07, 6.45) is 3.75. The molecule has 3 heteroatoms. The summed E-state index contributed by atoms with van der Waals surface area (Å²) in [5, 5.41) is 0.711. The van der Waals surface area contributed by atoms with Crippen LogP contribution in [0.3, 0.4) is 0 Å². The minimum atomic E-state index is 0.478. The molecule has 0 spiro atoms. The van der Waals surface area contributed by atoms with Crippen molar-refractivity contribution in [2.75, 3.05) is 23.7 Å². The Morgan fingerprint density at radius 1 is 1.35 bits per heavy atom. The lowest BCUT2D eigenvalue weighted by molar-refractivity contribution is 0.301. The third-order valence-corrected chi connectivity index (χ3v) is 4.50. The second-order valence-corrected chi connectivity index (χ2v) is 5.52. The number of hydrogen-bond donors (Lipinski definition) is 1. The molecule has 0 atom stereocenters. The summed E-state index contributed by atoms with van der Waals surface area (Å²) in [6, 6.07) is 5.80. The zero-order valence-electron chi connectivity index (χ0n) is 10.7. The molecule has 0 aromatic heterocycles. The molecule has 1 aromatic rings. The van der Waals surface area contributed by atoms with Crippen LogP contribution in [0, 0.1) is 5.41 Å². The summed E-state index contributed by atoms with van der Waals surface area (Å²) in [5.41, 5.74) is 8.45. The average molecular weight is 253 g/mol. The Labute approximate surface area is 109 Å². The Kier molecular flexibility index (Phi) is 3.53. The number of anilines is 2. The van der Waals surface area contributed by atoms with E-state index in [2.05, 4.69) is 18.7 Å². The molecule has 1 fully saturated rings. The summed E-state index contributed by atoms with van der Waals surface area (Å²) in [7, 11) is 0. The Bertz CT molecular complexity index is 399. The smallest absolute Gasteiger partial charge is 0.0601 e. The van der Waals surface area contributed by atoms with Crippen LogP contribution < -0.4 is 10.6 Å². The molecule has 1 aliphatic rings. The second kappa shape index (κ2) is 4.77. The fourth-order valence-electron chi connectivity index (χ4n) is 2.78. The zero-order chi connectivity index (χ0) is 12.5. The molecule has 0 radical (unpaired) electrons. The molecule has 2 N–H and O–H groups in total. The highest BCUT2D eigenvalue weighted by molar-refractivity contribution is 6.31. The molecule has 2 rings (SSSR count). The van der Waals surface area contributed by atoms with Crippen molar-refractivity contribution in [1.82, 2.24) is 0 Å². The zero-order valence-corrected chi connectivity index (χ0v) is 11.4. The van der Waals surface area contributed by atoms with Crippen LogP contribution in [-0.4, -0.2) is 13.1 Å². The van der Waals surface area contributed by atoms with Crippen molar-refractivity contribution in [3.63, 3.8) is 0 Å². The standard InChI is InChI=1S/C14H21ClN2/c1-3-14(4-2)7-8-17(10-14)13-6-5-11(15)9-12(13)16/h5-6,9H,3-4,7-8,10,16H2,1-2H3. The van der Waals surface area contributed by atoms with Gasteiger partial charge in [0.25, 0.3) is 0 Å². The predicted octanol–water partition coefficient (Wildman–Crippen LogP) is 3.94. The summed E-state index contributed by atoms with van der Waals surface area (Å²) in [4.78, 5) is 2.40. The lowest BCUT2D eigenvalue weighted by Gasteiger charge is -2.27. The van der Waals surface area contributed by atoms with Gasteiger partial charge in [-0.1, -0.05) is 25.4 Å². The molecular formula is C14H21ClN2. The van der Waals surface area contributed by atoms with Gasteiger partial charge in [-0.15, -0.1) is 0 Å². The minimum Gasteiger partial charge on any atom is -0.397 e. The van der Waals surface area contributed by atoms with E-state index in [0.29, 0.717) is 10.4 Å². The highest BCUT2D eigenvalue weighted by Gasteiger charge is 2.35. The molecule has 0 aliphatic carbocycles. The van der Waals surface area contributed by atoms with Crippen LogP contribution >= 0.6 is 11.6 Å². The molecule has 1 saturated heterocycles. The molecule has 0 amide bonds. The van der Waals surface area contributed by atoms with Crippen LogP contribution in [0.5, 0.6) is 0 Å². The molecule has 1 aliphatic heterocycles. The Morgan fingerprint density at radius 2 is 2.06 bits per heavy atom. The first-order valence-corrected chi connectivity index (χ1v) is 6.78. The third-order valence-electron chi connectivity index (χ3n) is 4.27. The molecule has 0 unspecified atom stereocenters. The van der Waals surface area contributed by atoms with Crippen molar-refractivity contribution in [3.8, 4) is 0 Å². The van der Waals surface area contributed by atoms with Gasteiger partial charge >= 0.3 is 0 Å². The van der Waals surface area contributed by atoms with E-state index in [1.165, 1.54) is 19.3 Å². The predicted molar refractivity (Wildman–Crippen MR) is 75.7 cm³/mol. The van der Waals surface area contributed by atoms with Gasteiger partial charge in [-0.2, -0.15) is 0 Å². The minimum absolute atomic E-state index is 0.478. The van der Waals surface area contributed by atoms with Gasteiger partial charge in [0.15, 0.2) is 0 Å². The normalized spacial score (nSPS) is 18.6. The van der Waals surface area contributed by atoms with Crippen LogP contribution in [-0.2, 0) is 0 Å². The number of nitrogens with two attached hydrogens (primary N) is 1. The lowest BCUT2D eigenvalue weighted by atomic mass is 9.82. The largest absolute Gasteiger partial charge is 0.397 e. The van der Waals surface area contributed by atoms with Crippen LogP contribution in [0.4, 0.5) is 11.4 Å². The van der Waals surface area contributed by atoms with Gasteiger partial charge in [0.05, 0.1) is 11.4 Å². The van der Waals surface area contributed by atoms with Gasteiger partial charge in [-0.05, 0) is 42.9 Å². The summed E-state index contributed by atoms with van der Waals surface area (Å²) in [6.45, 7) is 6.80. The van der Waals surface area contributed by atoms with Crippen LogP contribution in [0.1, 0.15) is 33.1 Å². The Hall–Kier alpha value is -0.890. The van der Waals surface area contributed by atoms with Crippen molar-refractivity contribution in [2.24, 2.45) is 5.41 Å². The lowest BCUT2D eigenvalue weighted by Crippen LogP contribution is -2.26. The quantitative estimate of drug-likeness (QED) is 0.826. The summed E-state index contributed by atoms with van der Waals surface area (Å²) >= 11 is 5.94. The fourth-order valence-corrected chi connectivity index (χ4v) is 2.96. The molecular weight excluding hydrogens is 232 g/mol. The SMILES string of the molecule is CCC1(CC)CCN(c2ccc(Cl)cc2N)C1. The van der Waals surface area contributed by atoms with E-state index in [0.717, 1.165) is 24.5 Å². The number of rotatable bonds is 3. The number of hydrogen-bond acceptors (Lipinski definition) is 2. The van der Waals surface area contributed by atoms with E-state index in [1.807, 2.05) is 18.2 Å². The van der Waals surface area contributed by atoms with Crippen molar-refractivity contribution < 1.29 is 0 Å². The molecule has 0 saturated carbocycles. The highest BCUT2D eigenvalue weighted by Crippen LogP contribution is 2.40. The first kappa shape index (κ1) is 12.6. The van der Waals surface area contributed by atoms with E-state index >= 15 is 0 Å². The van der Waals surface area contributed by atoms with E-state index < -0.39 is 0 Å². The average Bonchev–Trinajstić information content (AvgIpc) is 2.74. The van der Waals surface area contributed by atoms with Crippen molar-refractivity contribution in [1.29, 1.82) is 0 Å². The van der Waals surface area contributed by atoms with Crippen molar-refractivity contribution >= 4 is 23.0 Å². The fraction of sp³-hybridized carbons (Fsp3) is 0.571. The van der Waals surface area contributed by atoms with Crippen molar-refractivity contribution in [2.45, 2.75) is 33.1 Å². The molecule has 2 nitrogen and oxygen atoms in total. The highest BCUT2D eigenvalue weighted by atomic mass is 35.5. The first-order chi connectivity index (χ1) is 8.10. The van der Waals surface area contributed by atoms with Gasteiger partial charge in [0.1, 0.15) is 0 Å². The van der Waals surface area contributed by atoms with Gasteiger partial charge in [-0.25, -0.2) is 0 Å². The summed E-state index contributed by atoms with van der Waals surface area (Å²) in [5.74, 6) is 0. The van der Waals surface area contributed by atoms with Crippen molar-refractivity contribution in [3.05, 3.63) is 23.2 Å². The number of nitrogen functional groups attached to an aromatic ring is 1. The second-order valence-electron chi connectivity index (χ2n) is 5.08.